The van der Waals surface area contributed by atoms with Crippen LogP contribution in [0.3, 0.4) is 0 Å². The van der Waals surface area contributed by atoms with Gasteiger partial charge in [-0.15, -0.1) is 11.3 Å². The van der Waals surface area contributed by atoms with E-state index in [1.165, 1.54) is 10.4 Å². The highest BCUT2D eigenvalue weighted by molar-refractivity contribution is 7.89. The molecule has 0 saturated carbocycles. The van der Waals surface area contributed by atoms with Crippen LogP contribution in [0.15, 0.2) is 11.0 Å². The maximum Gasteiger partial charge on any atom is 0.345 e. The first kappa shape index (κ1) is 18.1. The van der Waals surface area contributed by atoms with Crippen LogP contribution in [0.25, 0.3) is 0 Å². The third-order valence-corrected chi connectivity index (χ3v) is 6.79. The molecule has 120 valence electrons. The number of hydrogen-bond acceptors (Lipinski definition) is 4. The summed E-state index contributed by atoms with van der Waals surface area (Å²) in [5.41, 5.74) is 0. The SMILES string of the molecule is CCCCN(C(C)CC)S(=O)(=O)c1cc(C(=O)O)sc1C. The molecule has 0 fully saturated rings. The highest BCUT2D eigenvalue weighted by Gasteiger charge is 2.31. The summed E-state index contributed by atoms with van der Waals surface area (Å²) < 4.78 is 27.2. The van der Waals surface area contributed by atoms with E-state index in [9.17, 15) is 13.2 Å². The minimum atomic E-state index is -3.65. The van der Waals surface area contributed by atoms with Crippen molar-refractivity contribution >= 4 is 27.3 Å². The van der Waals surface area contributed by atoms with Crippen molar-refractivity contribution < 1.29 is 18.3 Å². The maximum atomic E-state index is 12.8. The zero-order valence-corrected chi connectivity index (χ0v) is 14.6. The molecule has 0 amide bonds. The molecule has 7 heteroatoms. The number of thiophene rings is 1. The minimum Gasteiger partial charge on any atom is -0.477 e. The van der Waals surface area contributed by atoms with Crippen LogP contribution in [0.2, 0.25) is 0 Å². The lowest BCUT2D eigenvalue weighted by Gasteiger charge is -2.27. The van der Waals surface area contributed by atoms with Crippen LogP contribution in [-0.4, -0.2) is 36.4 Å². The van der Waals surface area contributed by atoms with Crippen LogP contribution >= 0.6 is 11.3 Å². The van der Waals surface area contributed by atoms with E-state index in [1.54, 1.807) is 6.92 Å². The molecule has 1 aromatic heterocycles. The summed E-state index contributed by atoms with van der Waals surface area (Å²) in [6.45, 7) is 7.96. The average Bonchev–Trinajstić information content (AvgIpc) is 2.81. The van der Waals surface area contributed by atoms with Gasteiger partial charge >= 0.3 is 5.97 Å². The van der Waals surface area contributed by atoms with Gasteiger partial charge in [0.2, 0.25) is 10.0 Å². The Morgan fingerprint density at radius 1 is 1.43 bits per heavy atom. The van der Waals surface area contributed by atoms with Gasteiger partial charge in [-0.2, -0.15) is 4.31 Å². The summed E-state index contributed by atoms with van der Waals surface area (Å²) in [4.78, 5) is 11.7. The average molecular weight is 333 g/mol. The number of carboxylic acid groups (broad SMARTS) is 1. The molecular weight excluding hydrogens is 310 g/mol. The Morgan fingerprint density at radius 2 is 2.05 bits per heavy atom. The fourth-order valence-corrected chi connectivity index (χ4v) is 5.19. The third-order valence-electron chi connectivity index (χ3n) is 3.48. The van der Waals surface area contributed by atoms with Crippen molar-refractivity contribution in [3.63, 3.8) is 0 Å². The molecule has 1 rings (SSSR count). The molecule has 0 spiro atoms. The molecule has 0 saturated heterocycles. The summed E-state index contributed by atoms with van der Waals surface area (Å²) in [5.74, 6) is -1.09. The molecule has 0 aliphatic carbocycles. The zero-order valence-electron chi connectivity index (χ0n) is 12.9. The van der Waals surface area contributed by atoms with Crippen molar-refractivity contribution in [3.05, 3.63) is 15.8 Å². The molecule has 5 nitrogen and oxygen atoms in total. The molecule has 1 unspecified atom stereocenters. The minimum absolute atomic E-state index is 0.0608. The maximum absolute atomic E-state index is 12.8. The second-order valence-electron chi connectivity index (χ2n) is 5.06. The largest absolute Gasteiger partial charge is 0.477 e. The number of carbonyl (C=O) groups is 1. The first-order chi connectivity index (χ1) is 9.75. The van der Waals surface area contributed by atoms with Crippen molar-refractivity contribution in [2.75, 3.05) is 6.54 Å². The monoisotopic (exact) mass is 333 g/mol. The summed E-state index contributed by atoms with van der Waals surface area (Å²) >= 11 is 1.00. The van der Waals surface area contributed by atoms with Gasteiger partial charge in [0.1, 0.15) is 4.88 Å². The molecule has 1 aromatic rings. The van der Waals surface area contributed by atoms with Gasteiger partial charge in [-0.25, -0.2) is 13.2 Å². The first-order valence-electron chi connectivity index (χ1n) is 7.11. The Bertz CT molecular complexity index is 592. The van der Waals surface area contributed by atoms with Crippen LogP contribution in [0.5, 0.6) is 0 Å². The molecule has 1 atom stereocenters. The molecule has 1 N–H and O–H groups in total. The van der Waals surface area contributed by atoms with Crippen LogP contribution in [0.4, 0.5) is 0 Å². The lowest BCUT2D eigenvalue weighted by molar-refractivity contribution is 0.0702. The quantitative estimate of drug-likeness (QED) is 0.791. The summed E-state index contributed by atoms with van der Waals surface area (Å²) in [6, 6.07) is 1.17. The van der Waals surface area contributed by atoms with E-state index in [0.29, 0.717) is 11.4 Å². The van der Waals surface area contributed by atoms with Gasteiger partial charge in [-0.05, 0) is 32.8 Å². The molecular formula is C14H23NO4S2. The van der Waals surface area contributed by atoms with E-state index >= 15 is 0 Å². The van der Waals surface area contributed by atoms with Crippen molar-refractivity contribution in [1.29, 1.82) is 0 Å². The third kappa shape index (κ3) is 4.05. The Kier molecular flexibility index (Phi) is 6.37. The standard InChI is InChI=1S/C14H23NO4S2/c1-5-7-8-15(10(3)6-2)21(18,19)13-9-12(14(16)17)20-11(13)4/h9-10H,5-8H2,1-4H3,(H,16,17). The number of nitrogens with zero attached hydrogens (tertiary/aromatic N) is 1. The van der Waals surface area contributed by atoms with E-state index in [4.69, 9.17) is 5.11 Å². The normalized spacial score (nSPS) is 13.6. The fraction of sp³-hybridized carbons (Fsp3) is 0.643. The van der Waals surface area contributed by atoms with Crippen LogP contribution in [0.1, 0.15) is 54.6 Å². The summed E-state index contributed by atoms with van der Waals surface area (Å²) in [5, 5.41) is 9.03. The van der Waals surface area contributed by atoms with Gasteiger partial charge in [0.05, 0.1) is 4.90 Å². The number of aromatic carboxylic acids is 1. The topological polar surface area (TPSA) is 74.7 Å². The van der Waals surface area contributed by atoms with Gasteiger partial charge in [0.25, 0.3) is 0 Å². The summed E-state index contributed by atoms with van der Waals surface area (Å²) in [7, 11) is -3.65. The van der Waals surface area contributed by atoms with Gasteiger partial charge in [-0.3, -0.25) is 0 Å². The Hall–Kier alpha value is -0.920. The highest BCUT2D eigenvalue weighted by atomic mass is 32.2. The van der Waals surface area contributed by atoms with Gasteiger partial charge in [0.15, 0.2) is 0 Å². The van der Waals surface area contributed by atoms with E-state index in [1.807, 2.05) is 20.8 Å². The number of sulfonamides is 1. The molecule has 0 bridgehead atoms. The van der Waals surface area contributed by atoms with E-state index in [-0.39, 0.29) is 15.8 Å². The van der Waals surface area contributed by atoms with E-state index in [2.05, 4.69) is 0 Å². The van der Waals surface area contributed by atoms with E-state index in [0.717, 1.165) is 30.6 Å². The van der Waals surface area contributed by atoms with Crippen molar-refractivity contribution in [3.8, 4) is 0 Å². The Labute approximate surface area is 130 Å². The van der Waals surface area contributed by atoms with Crippen LogP contribution in [0, 0.1) is 6.92 Å². The van der Waals surface area contributed by atoms with Gasteiger partial charge in [-0.1, -0.05) is 20.3 Å². The second-order valence-corrected chi connectivity index (χ2v) is 8.18. The first-order valence-corrected chi connectivity index (χ1v) is 9.36. The molecule has 0 aliphatic rings. The van der Waals surface area contributed by atoms with Crippen LogP contribution in [-0.2, 0) is 10.0 Å². The number of unbranched alkanes of at least 4 members (excludes halogenated alkanes) is 1. The number of rotatable bonds is 8. The predicted octanol–water partition coefficient (Wildman–Crippen LogP) is 3.34. The predicted molar refractivity (Wildman–Crippen MR) is 84.6 cm³/mol. The molecule has 1 heterocycles. The van der Waals surface area contributed by atoms with Crippen molar-refractivity contribution in [1.82, 2.24) is 4.31 Å². The van der Waals surface area contributed by atoms with Gasteiger partial charge < -0.3 is 5.11 Å². The zero-order chi connectivity index (χ0) is 16.2. The smallest absolute Gasteiger partial charge is 0.345 e. The molecule has 0 radical (unpaired) electrons. The number of hydrogen-bond donors (Lipinski definition) is 1. The molecule has 21 heavy (non-hydrogen) atoms. The Balaban J connectivity index is 3.24. The Morgan fingerprint density at radius 3 is 2.48 bits per heavy atom. The van der Waals surface area contributed by atoms with Crippen molar-refractivity contribution in [2.24, 2.45) is 0 Å². The number of carboxylic acids is 1. The second kappa shape index (κ2) is 7.38. The number of aryl methyl sites for hydroxylation is 1. The molecule has 0 aromatic carbocycles. The lowest BCUT2D eigenvalue weighted by Crippen LogP contribution is -2.39. The van der Waals surface area contributed by atoms with Crippen molar-refractivity contribution in [2.45, 2.75) is 57.9 Å². The molecule has 0 aliphatic heterocycles. The highest BCUT2D eigenvalue weighted by Crippen LogP contribution is 2.29. The summed E-state index contributed by atoms with van der Waals surface area (Å²) in [6.07, 6.45) is 2.42. The fourth-order valence-electron chi connectivity index (χ4n) is 2.05. The van der Waals surface area contributed by atoms with E-state index < -0.39 is 16.0 Å². The van der Waals surface area contributed by atoms with Crippen LogP contribution < -0.4 is 0 Å². The lowest BCUT2D eigenvalue weighted by atomic mass is 10.2. The van der Waals surface area contributed by atoms with Gasteiger partial charge in [0, 0.05) is 17.5 Å².